The van der Waals surface area contributed by atoms with Gasteiger partial charge in [-0.15, -0.1) is 11.3 Å². The zero-order chi connectivity index (χ0) is 14.0. The second-order valence-electron chi connectivity index (χ2n) is 4.10. The van der Waals surface area contributed by atoms with Crippen molar-refractivity contribution < 1.29 is 14.6 Å². The van der Waals surface area contributed by atoms with Crippen molar-refractivity contribution in [1.82, 2.24) is 0 Å². The lowest BCUT2D eigenvalue weighted by atomic mass is 10.0. The van der Waals surface area contributed by atoms with Crippen molar-refractivity contribution >= 4 is 22.9 Å². The van der Waals surface area contributed by atoms with E-state index in [4.69, 9.17) is 21.1 Å². The Kier molecular flexibility index (Phi) is 4.34. The van der Waals surface area contributed by atoms with Gasteiger partial charge in [0.25, 0.3) is 0 Å². The molecule has 102 valence electrons. The highest BCUT2D eigenvalue weighted by atomic mass is 35.5. The van der Waals surface area contributed by atoms with Crippen LogP contribution in [0, 0.1) is 6.92 Å². The highest BCUT2D eigenvalue weighted by molar-refractivity contribution is 7.10. The van der Waals surface area contributed by atoms with Crippen LogP contribution in [0.25, 0.3) is 0 Å². The number of ether oxygens (including phenoxy) is 2. The van der Waals surface area contributed by atoms with Gasteiger partial charge >= 0.3 is 0 Å². The van der Waals surface area contributed by atoms with E-state index in [-0.39, 0.29) is 0 Å². The fourth-order valence-corrected chi connectivity index (χ4v) is 3.07. The molecule has 1 N–H and O–H groups in total. The molecule has 0 aliphatic heterocycles. The summed E-state index contributed by atoms with van der Waals surface area (Å²) in [5.41, 5.74) is 1.66. The van der Waals surface area contributed by atoms with Crippen LogP contribution in [-0.4, -0.2) is 19.3 Å². The molecule has 19 heavy (non-hydrogen) atoms. The summed E-state index contributed by atoms with van der Waals surface area (Å²) in [4.78, 5) is 0.883. The largest absolute Gasteiger partial charge is 0.493 e. The van der Waals surface area contributed by atoms with Crippen molar-refractivity contribution in [1.29, 1.82) is 0 Å². The zero-order valence-corrected chi connectivity index (χ0v) is 12.5. The molecule has 1 atom stereocenters. The average molecular weight is 299 g/mol. The Labute approximate surface area is 121 Å². The first kappa shape index (κ1) is 14.2. The fraction of sp³-hybridized carbons (Fsp3) is 0.286. The normalized spacial score (nSPS) is 12.3. The molecule has 0 saturated carbocycles. The third-order valence-corrected chi connectivity index (χ3v) is 4.35. The topological polar surface area (TPSA) is 38.7 Å². The molecule has 1 heterocycles. The Hall–Kier alpha value is -1.23. The molecule has 0 saturated heterocycles. The van der Waals surface area contributed by atoms with E-state index in [0.29, 0.717) is 22.1 Å². The van der Waals surface area contributed by atoms with Gasteiger partial charge in [0.1, 0.15) is 6.10 Å². The molecule has 2 rings (SSSR count). The minimum atomic E-state index is -0.757. The highest BCUT2D eigenvalue weighted by Crippen LogP contribution is 2.39. The van der Waals surface area contributed by atoms with E-state index in [0.717, 1.165) is 10.4 Å². The first-order chi connectivity index (χ1) is 9.08. The minimum Gasteiger partial charge on any atom is -0.493 e. The number of aryl methyl sites for hydroxylation is 1. The Morgan fingerprint density at radius 3 is 2.37 bits per heavy atom. The number of hydrogen-bond acceptors (Lipinski definition) is 4. The number of aliphatic hydroxyl groups excluding tert-OH is 1. The van der Waals surface area contributed by atoms with Gasteiger partial charge in [0.15, 0.2) is 11.5 Å². The monoisotopic (exact) mass is 298 g/mol. The fourth-order valence-electron chi connectivity index (χ4n) is 1.89. The maximum absolute atomic E-state index is 10.5. The highest BCUT2D eigenvalue weighted by Gasteiger charge is 2.20. The number of rotatable bonds is 4. The van der Waals surface area contributed by atoms with Gasteiger partial charge in [-0.25, -0.2) is 0 Å². The maximum Gasteiger partial charge on any atom is 0.162 e. The van der Waals surface area contributed by atoms with Crippen LogP contribution in [0.5, 0.6) is 11.5 Å². The van der Waals surface area contributed by atoms with Crippen LogP contribution < -0.4 is 9.47 Å². The van der Waals surface area contributed by atoms with Gasteiger partial charge < -0.3 is 14.6 Å². The molecule has 0 aliphatic carbocycles. The lowest BCUT2D eigenvalue weighted by Gasteiger charge is -2.16. The van der Waals surface area contributed by atoms with Crippen LogP contribution >= 0.6 is 22.9 Å². The van der Waals surface area contributed by atoms with Gasteiger partial charge in [-0.05, 0) is 30.0 Å². The Morgan fingerprint density at radius 1 is 1.21 bits per heavy atom. The molecule has 1 aromatic heterocycles. The molecule has 0 bridgehead atoms. The molecule has 0 spiro atoms. The summed E-state index contributed by atoms with van der Waals surface area (Å²) >= 11 is 7.71. The van der Waals surface area contributed by atoms with Crippen LogP contribution in [0.15, 0.2) is 23.6 Å². The van der Waals surface area contributed by atoms with Gasteiger partial charge in [-0.1, -0.05) is 11.6 Å². The van der Waals surface area contributed by atoms with Crippen molar-refractivity contribution in [2.45, 2.75) is 13.0 Å². The predicted octanol–water partition coefficient (Wildman–Crippen LogP) is 3.81. The van der Waals surface area contributed by atoms with Crippen LogP contribution in [0.3, 0.4) is 0 Å². The van der Waals surface area contributed by atoms with Crippen molar-refractivity contribution in [3.8, 4) is 11.5 Å². The zero-order valence-electron chi connectivity index (χ0n) is 10.9. The maximum atomic E-state index is 10.5. The molecule has 1 aromatic carbocycles. The van der Waals surface area contributed by atoms with Gasteiger partial charge in [0.2, 0.25) is 0 Å². The first-order valence-corrected chi connectivity index (χ1v) is 6.97. The number of hydrogen-bond donors (Lipinski definition) is 1. The molecule has 0 radical (unpaired) electrons. The molecule has 2 aromatic rings. The van der Waals surface area contributed by atoms with E-state index in [2.05, 4.69) is 0 Å². The Bertz CT molecular complexity index is 580. The quantitative estimate of drug-likeness (QED) is 0.933. The van der Waals surface area contributed by atoms with Gasteiger partial charge in [-0.3, -0.25) is 0 Å². The Morgan fingerprint density at radius 2 is 1.84 bits per heavy atom. The third kappa shape index (κ3) is 2.71. The SMILES string of the molecule is COc1cc(Cl)c(C(O)c2sccc2C)cc1OC. The van der Waals surface area contributed by atoms with E-state index >= 15 is 0 Å². The smallest absolute Gasteiger partial charge is 0.162 e. The van der Waals surface area contributed by atoms with Crippen molar-refractivity contribution in [3.05, 3.63) is 44.6 Å². The second kappa shape index (κ2) is 5.82. The summed E-state index contributed by atoms with van der Waals surface area (Å²) in [7, 11) is 3.10. The van der Waals surface area contributed by atoms with E-state index in [1.165, 1.54) is 11.3 Å². The molecule has 5 heteroatoms. The number of halogens is 1. The second-order valence-corrected chi connectivity index (χ2v) is 5.45. The number of benzene rings is 1. The summed E-state index contributed by atoms with van der Waals surface area (Å²) in [5, 5.41) is 12.9. The number of thiophene rings is 1. The number of aliphatic hydroxyl groups is 1. The van der Waals surface area contributed by atoms with Gasteiger partial charge in [0, 0.05) is 16.5 Å². The third-order valence-electron chi connectivity index (χ3n) is 2.95. The van der Waals surface area contributed by atoms with Gasteiger partial charge in [-0.2, -0.15) is 0 Å². The van der Waals surface area contributed by atoms with E-state index in [1.807, 2.05) is 18.4 Å². The first-order valence-electron chi connectivity index (χ1n) is 5.72. The van der Waals surface area contributed by atoms with E-state index < -0.39 is 6.10 Å². The number of methoxy groups -OCH3 is 2. The van der Waals surface area contributed by atoms with Crippen molar-refractivity contribution in [2.75, 3.05) is 14.2 Å². The van der Waals surface area contributed by atoms with Gasteiger partial charge in [0.05, 0.1) is 19.2 Å². The van der Waals surface area contributed by atoms with Crippen molar-refractivity contribution in [3.63, 3.8) is 0 Å². The van der Waals surface area contributed by atoms with Crippen LogP contribution in [0.2, 0.25) is 5.02 Å². The summed E-state index contributed by atoms with van der Waals surface area (Å²) in [5.74, 6) is 1.10. The minimum absolute atomic E-state index is 0.456. The van der Waals surface area contributed by atoms with Crippen LogP contribution in [-0.2, 0) is 0 Å². The average Bonchev–Trinajstić information content (AvgIpc) is 2.83. The molecule has 3 nitrogen and oxygen atoms in total. The van der Waals surface area contributed by atoms with E-state index in [1.54, 1.807) is 26.4 Å². The lowest BCUT2D eigenvalue weighted by Crippen LogP contribution is -2.01. The molecule has 0 amide bonds. The summed E-state index contributed by atoms with van der Waals surface area (Å²) < 4.78 is 10.4. The lowest BCUT2D eigenvalue weighted by molar-refractivity contribution is 0.222. The molecule has 0 fully saturated rings. The standard InChI is InChI=1S/C14H15ClO3S/c1-8-4-5-19-14(8)13(16)9-6-11(17-2)12(18-3)7-10(9)15/h4-7,13,16H,1-3H3. The molecular weight excluding hydrogens is 284 g/mol. The van der Waals surface area contributed by atoms with Crippen molar-refractivity contribution in [2.24, 2.45) is 0 Å². The Balaban J connectivity index is 2.48. The van der Waals surface area contributed by atoms with E-state index in [9.17, 15) is 5.11 Å². The molecule has 0 aliphatic rings. The summed E-state index contributed by atoms with van der Waals surface area (Å²) in [6, 6.07) is 5.34. The molecular formula is C14H15ClO3S. The predicted molar refractivity (Wildman–Crippen MR) is 77.7 cm³/mol. The van der Waals surface area contributed by atoms with Crippen LogP contribution in [0.1, 0.15) is 22.1 Å². The van der Waals surface area contributed by atoms with Crippen LogP contribution in [0.4, 0.5) is 0 Å². The summed E-state index contributed by atoms with van der Waals surface area (Å²) in [6.45, 7) is 1.96. The summed E-state index contributed by atoms with van der Waals surface area (Å²) in [6.07, 6.45) is -0.757. The molecule has 1 unspecified atom stereocenters.